The minimum absolute atomic E-state index is 0.707. The van der Waals surface area contributed by atoms with Gasteiger partial charge in [0.15, 0.2) is 0 Å². The van der Waals surface area contributed by atoms with Gasteiger partial charge in [-0.05, 0) is 32.4 Å². The third-order valence-electron chi connectivity index (χ3n) is 2.99. The zero-order valence-electron chi connectivity index (χ0n) is 12.6. The summed E-state index contributed by atoms with van der Waals surface area (Å²) in [6.07, 6.45) is 3.88. The van der Waals surface area contributed by atoms with E-state index in [2.05, 4.69) is 46.4 Å². The Kier molecular flexibility index (Phi) is 7.18. The smallest absolute Gasteiger partial charge is 0.133 e. The molecule has 1 aromatic heterocycles. The molecule has 0 atom stereocenters. The van der Waals surface area contributed by atoms with Crippen molar-refractivity contribution in [2.75, 3.05) is 43.9 Å². The van der Waals surface area contributed by atoms with Gasteiger partial charge in [0.25, 0.3) is 0 Å². The van der Waals surface area contributed by atoms with Crippen LogP contribution in [0, 0.1) is 5.92 Å². The molecule has 0 saturated carbocycles. The highest BCUT2D eigenvalue weighted by atomic mass is 15.2. The van der Waals surface area contributed by atoms with Gasteiger partial charge in [0.05, 0.1) is 0 Å². The summed E-state index contributed by atoms with van der Waals surface area (Å²) in [5, 5.41) is 6.50. The summed E-state index contributed by atoms with van der Waals surface area (Å²) in [5.74, 6) is 2.59. The highest BCUT2D eigenvalue weighted by Crippen LogP contribution is 2.13. The van der Waals surface area contributed by atoms with Crippen molar-refractivity contribution in [3.8, 4) is 0 Å². The van der Waals surface area contributed by atoms with Crippen LogP contribution in [-0.2, 0) is 0 Å². The number of aromatic nitrogens is 2. The molecule has 108 valence electrons. The Morgan fingerprint density at radius 2 is 2.05 bits per heavy atom. The van der Waals surface area contributed by atoms with Crippen molar-refractivity contribution in [1.82, 2.24) is 15.3 Å². The maximum atomic E-state index is 4.32. The Labute approximate surface area is 116 Å². The van der Waals surface area contributed by atoms with Crippen LogP contribution in [-0.4, -0.2) is 43.7 Å². The number of nitrogens with one attached hydrogen (secondary N) is 2. The second kappa shape index (κ2) is 8.69. The van der Waals surface area contributed by atoms with Crippen LogP contribution in [0.4, 0.5) is 11.6 Å². The Bertz CT molecular complexity index is 353. The Hall–Kier alpha value is -1.36. The van der Waals surface area contributed by atoms with Gasteiger partial charge in [-0.25, -0.2) is 9.97 Å². The molecule has 0 spiro atoms. The topological polar surface area (TPSA) is 53.1 Å². The van der Waals surface area contributed by atoms with Gasteiger partial charge in [0.2, 0.25) is 0 Å². The van der Waals surface area contributed by atoms with E-state index in [1.807, 2.05) is 13.1 Å². The molecule has 1 rings (SSSR count). The lowest BCUT2D eigenvalue weighted by Gasteiger charge is -2.18. The molecule has 0 saturated heterocycles. The average Bonchev–Trinajstić information content (AvgIpc) is 2.39. The first kappa shape index (κ1) is 15.7. The first-order chi connectivity index (χ1) is 9.13. The van der Waals surface area contributed by atoms with Gasteiger partial charge in [0, 0.05) is 26.2 Å². The standard InChI is InChI=1S/C14H27N5/c1-12(2)6-8-16-13-10-14(18-11-17-13)19(4)9-5-7-15-3/h10-12,15H,5-9H2,1-4H3,(H,16,17,18). The molecule has 0 radical (unpaired) electrons. The van der Waals surface area contributed by atoms with E-state index in [1.54, 1.807) is 6.33 Å². The molecule has 0 aliphatic carbocycles. The SMILES string of the molecule is CNCCCN(C)c1cc(NCCC(C)C)ncn1. The maximum absolute atomic E-state index is 4.32. The predicted octanol–water partition coefficient (Wildman–Crippen LogP) is 1.98. The Morgan fingerprint density at radius 1 is 1.26 bits per heavy atom. The van der Waals surface area contributed by atoms with Crippen molar-refractivity contribution in [1.29, 1.82) is 0 Å². The molecule has 1 heterocycles. The highest BCUT2D eigenvalue weighted by molar-refractivity contribution is 5.47. The van der Waals surface area contributed by atoms with E-state index in [4.69, 9.17) is 0 Å². The predicted molar refractivity (Wildman–Crippen MR) is 81.8 cm³/mol. The second-order valence-electron chi connectivity index (χ2n) is 5.25. The second-order valence-corrected chi connectivity index (χ2v) is 5.25. The number of hydrogen-bond acceptors (Lipinski definition) is 5. The third-order valence-corrected chi connectivity index (χ3v) is 2.99. The van der Waals surface area contributed by atoms with Crippen LogP contribution in [0.2, 0.25) is 0 Å². The molecule has 0 amide bonds. The Balaban J connectivity index is 2.46. The fourth-order valence-corrected chi connectivity index (χ4v) is 1.75. The van der Waals surface area contributed by atoms with Crippen LogP contribution in [0.1, 0.15) is 26.7 Å². The monoisotopic (exact) mass is 265 g/mol. The molecule has 0 bridgehead atoms. The van der Waals surface area contributed by atoms with Crippen LogP contribution in [0.25, 0.3) is 0 Å². The van der Waals surface area contributed by atoms with Crippen molar-refractivity contribution < 1.29 is 0 Å². The van der Waals surface area contributed by atoms with Gasteiger partial charge in [-0.15, -0.1) is 0 Å². The van der Waals surface area contributed by atoms with Crippen molar-refractivity contribution in [2.24, 2.45) is 5.92 Å². The first-order valence-corrected chi connectivity index (χ1v) is 7.05. The molecular weight excluding hydrogens is 238 g/mol. The fraction of sp³-hybridized carbons (Fsp3) is 0.714. The van der Waals surface area contributed by atoms with E-state index < -0.39 is 0 Å². The average molecular weight is 265 g/mol. The van der Waals surface area contributed by atoms with Crippen LogP contribution < -0.4 is 15.5 Å². The van der Waals surface area contributed by atoms with E-state index in [0.717, 1.165) is 44.1 Å². The highest BCUT2D eigenvalue weighted by Gasteiger charge is 2.04. The van der Waals surface area contributed by atoms with E-state index in [9.17, 15) is 0 Å². The molecule has 1 aromatic rings. The zero-order valence-corrected chi connectivity index (χ0v) is 12.6. The molecule has 0 aliphatic rings. The fourth-order valence-electron chi connectivity index (χ4n) is 1.75. The summed E-state index contributed by atoms with van der Waals surface area (Å²) in [6.45, 7) is 7.42. The van der Waals surface area contributed by atoms with Crippen molar-refractivity contribution >= 4 is 11.6 Å². The van der Waals surface area contributed by atoms with Crippen LogP contribution in [0.5, 0.6) is 0 Å². The van der Waals surface area contributed by atoms with Crippen LogP contribution in [0.15, 0.2) is 12.4 Å². The zero-order chi connectivity index (χ0) is 14.1. The van der Waals surface area contributed by atoms with Crippen LogP contribution >= 0.6 is 0 Å². The van der Waals surface area contributed by atoms with E-state index in [1.165, 1.54) is 0 Å². The van der Waals surface area contributed by atoms with Gasteiger partial charge < -0.3 is 15.5 Å². The number of nitrogens with zero attached hydrogens (tertiary/aromatic N) is 3. The summed E-state index contributed by atoms with van der Waals surface area (Å²) < 4.78 is 0. The van der Waals surface area contributed by atoms with E-state index in [-0.39, 0.29) is 0 Å². The third kappa shape index (κ3) is 6.38. The lowest BCUT2D eigenvalue weighted by atomic mass is 10.1. The summed E-state index contributed by atoms with van der Waals surface area (Å²) in [4.78, 5) is 10.7. The molecular formula is C14H27N5. The van der Waals surface area contributed by atoms with Crippen molar-refractivity contribution in [2.45, 2.75) is 26.7 Å². The minimum atomic E-state index is 0.707. The van der Waals surface area contributed by atoms with Gasteiger partial charge in [0.1, 0.15) is 18.0 Å². The molecule has 5 heteroatoms. The number of rotatable bonds is 9. The summed E-state index contributed by atoms with van der Waals surface area (Å²) in [5.41, 5.74) is 0. The maximum Gasteiger partial charge on any atom is 0.133 e. The number of hydrogen-bond donors (Lipinski definition) is 2. The molecule has 0 fully saturated rings. The van der Waals surface area contributed by atoms with E-state index in [0.29, 0.717) is 5.92 Å². The first-order valence-electron chi connectivity index (χ1n) is 7.05. The molecule has 2 N–H and O–H groups in total. The lowest BCUT2D eigenvalue weighted by molar-refractivity contribution is 0.606. The molecule has 0 aliphatic heterocycles. The Morgan fingerprint density at radius 3 is 2.74 bits per heavy atom. The summed E-state index contributed by atoms with van der Waals surface area (Å²) >= 11 is 0. The molecule has 0 unspecified atom stereocenters. The van der Waals surface area contributed by atoms with Gasteiger partial charge in [-0.1, -0.05) is 13.8 Å². The minimum Gasteiger partial charge on any atom is -0.370 e. The quantitative estimate of drug-likeness (QED) is 0.669. The van der Waals surface area contributed by atoms with Crippen molar-refractivity contribution in [3.63, 3.8) is 0 Å². The van der Waals surface area contributed by atoms with Gasteiger partial charge in [-0.3, -0.25) is 0 Å². The number of anilines is 2. The van der Waals surface area contributed by atoms with Crippen LogP contribution in [0.3, 0.4) is 0 Å². The summed E-state index contributed by atoms with van der Waals surface area (Å²) in [7, 11) is 4.04. The molecule has 0 aromatic carbocycles. The van der Waals surface area contributed by atoms with Gasteiger partial charge >= 0.3 is 0 Å². The summed E-state index contributed by atoms with van der Waals surface area (Å²) in [6, 6.07) is 2.01. The van der Waals surface area contributed by atoms with E-state index >= 15 is 0 Å². The van der Waals surface area contributed by atoms with Gasteiger partial charge in [-0.2, -0.15) is 0 Å². The van der Waals surface area contributed by atoms with Crippen molar-refractivity contribution in [3.05, 3.63) is 12.4 Å². The normalized spacial score (nSPS) is 10.8. The molecule has 5 nitrogen and oxygen atoms in total. The largest absolute Gasteiger partial charge is 0.370 e. The lowest BCUT2D eigenvalue weighted by Crippen LogP contribution is -2.23. The molecule has 19 heavy (non-hydrogen) atoms.